The third kappa shape index (κ3) is 3.56. The van der Waals surface area contributed by atoms with E-state index >= 15 is 0 Å². The topological polar surface area (TPSA) is 61.5 Å². The molecule has 0 radical (unpaired) electrons. The summed E-state index contributed by atoms with van der Waals surface area (Å²) in [4.78, 5) is 0. The maximum Gasteiger partial charge on any atom is 0.351 e. The highest BCUT2D eigenvalue weighted by Crippen LogP contribution is 2.59. The van der Waals surface area contributed by atoms with Gasteiger partial charge in [-0.05, 0) is 32.4 Å². The Morgan fingerprint density at radius 1 is 1.37 bits per heavy atom. The molecule has 0 amide bonds. The minimum Gasteiger partial charge on any atom is -0.314 e. The van der Waals surface area contributed by atoms with Crippen LogP contribution in [0.4, 0.5) is 4.39 Å². The van der Waals surface area contributed by atoms with Gasteiger partial charge in [-0.1, -0.05) is 17.7 Å². The third-order valence-electron chi connectivity index (χ3n) is 2.57. The summed E-state index contributed by atoms with van der Waals surface area (Å²) >= 11 is 5.95. The molecule has 0 aliphatic carbocycles. The van der Waals surface area contributed by atoms with Crippen LogP contribution in [0.3, 0.4) is 0 Å². The Morgan fingerprint density at radius 2 is 1.89 bits per heavy atom. The molecule has 7 heteroatoms. The molecule has 0 unspecified atom stereocenters. The monoisotopic (exact) mass is 309 g/mol. The Labute approximate surface area is 117 Å². The Bertz CT molecular complexity index is 488. The number of nitrogens with two attached hydrogens (primary N) is 1. The highest BCUT2D eigenvalue weighted by Gasteiger charge is 2.37. The van der Waals surface area contributed by atoms with Gasteiger partial charge in [0.05, 0.1) is 13.2 Å². The SMILES string of the molecule is CCOP(=O)(OCC)[C@H](N)c1c(Cl)ccc(C)c1F. The Balaban J connectivity index is 3.28. The van der Waals surface area contributed by atoms with Crippen LogP contribution in [0.5, 0.6) is 0 Å². The average Bonchev–Trinajstić information content (AvgIpc) is 2.35. The first-order valence-corrected chi connectivity index (χ1v) is 7.95. The van der Waals surface area contributed by atoms with Crippen LogP contribution in [-0.4, -0.2) is 13.2 Å². The van der Waals surface area contributed by atoms with Crippen LogP contribution in [0.15, 0.2) is 12.1 Å². The van der Waals surface area contributed by atoms with Gasteiger partial charge in [0.2, 0.25) is 0 Å². The molecular formula is C12H18ClFNO3P. The first-order chi connectivity index (χ1) is 8.87. The molecule has 19 heavy (non-hydrogen) atoms. The predicted molar refractivity (Wildman–Crippen MR) is 73.9 cm³/mol. The standard InChI is InChI=1S/C12H18ClFNO3P/c1-4-17-19(16,18-5-2)12(15)10-9(13)7-6-8(3)11(10)14/h6-7,12H,4-5,15H2,1-3H3/t12-/m0/s1. The van der Waals surface area contributed by atoms with Crippen molar-refractivity contribution < 1.29 is 18.0 Å². The van der Waals surface area contributed by atoms with Crippen molar-refractivity contribution in [3.63, 3.8) is 0 Å². The molecular weight excluding hydrogens is 292 g/mol. The fraction of sp³-hybridized carbons (Fsp3) is 0.500. The lowest BCUT2D eigenvalue weighted by atomic mass is 10.1. The number of rotatable bonds is 6. The van der Waals surface area contributed by atoms with Gasteiger partial charge in [0.25, 0.3) is 0 Å². The van der Waals surface area contributed by atoms with Crippen molar-refractivity contribution in [1.82, 2.24) is 0 Å². The van der Waals surface area contributed by atoms with E-state index < -0.39 is 19.2 Å². The summed E-state index contributed by atoms with van der Waals surface area (Å²) in [7, 11) is -3.65. The molecule has 0 fully saturated rings. The lowest BCUT2D eigenvalue weighted by Gasteiger charge is -2.24. The summed E-state index contributed by atoms with van der Waals surface area (Å²) < 4.78 is 36.9. The fourth-order valence-electron chi connectivity index (χ4n) is 1.67. The summed E-state index contributed by atoms with van der Waals surface area (Å²) in [6.07, 6.45) is 0. The van der Waals surface area contributed by atoms with E-state index in [0.717, 1.165) is 0 Å². The molecule has 0 saturated carbocycles. The summed E-state index contributed by atoms with van der Waals surface area (Å²) in [6, 6.07) is 3.04. The van der Waals surface area contributed by atoms with Crippen molar-refractivity contribution in [2.45, 2.75) is 26.6 Å². The van der Waals surface area contributed by atoms with Gasteiger partial charge in [-0.25, -0.2) is 4.39 Å². The maximum absolute atomic E-state index is 14.1. The van der Waals surface area contributed by atoms with E-state index in [1.807, 2.05) is 0 Å². The third-order valence-corrected chi connectivity index (χ3v) is 5.08. The normalized spacial score (nSPS) is 13.6. The molecule has 1 aromatic carbocycles. The molecule has 1 atom stereocenters. The number of benzene rings is 1. The van der Waals surface area contributed by atoms with Gasteiger partial charge >= 0.3 is 7.60 Å². The minimum atomic E-state index is -3.65. The van der Waals surface area contributed by atoms with Crippen LogP contribution in [0.1, 0.15) is 30.8 Å². The van der Waals surface area contributed by atoms with E-state index in [2.05, 4.69) is 0 Å². The molecule has 0 heterocycles. The molecule has 2 N–H and O–H groups in total. The van der Waals surface area contributed by atoms with Gasteiger partial charge < -0.3 is 14.8 Å². The second kappa shape index (κ2) is 6.82. The van der Waals surface area contributed by atoms with Crippen molar-refractivity contribution in [1.29, 1.82) is 0 Å². The fourth-order valence-corrected chi connectivity index (χ4v) is 3.69. The highest BCUT2D eigenvalue weighted by atomic mass is 35.5. The molecule has 0 aliphatic rings. The van der Waals surface area contributed by atoms with Crippen molar-refractivity contribution >= 4 is 19.2 Å². The summed E-state index contributed by atoms with van der Waals surface area (Å²) in [5, 5.41) is 0.107. The Kier molecular flexibility index (Phi) is 5.96. The van der Waals surface area contributed by atoms with E-state index in [9.17, 15) is 8.96 Å². The van der Waals surface area contributed by atoms with Crippen LogP contribution in [0.25, 0.3) is 0 Å². The van der Waals surface area contributed by atoms with Crippen molar-refractivity contribution in [2.24, 2.45) is 5.73 Å². The van der Waals surface area contributed by atoms with Crippen LogP contribution >= 0.6 is 19.2 Å². The zero-order valence-corrected chi connectivity index (χ0v) is 12.8. The zero-order valence-electron chi connectivity index (χ0n) is 11.2. The Hall–Kier alpha value is -0.450. The number of halogens is 2. The van der Waals surface area contributed by atoms with Gasteiger partial charge in [0.1, 0.15) is 11.6 Å². The van der Waals surface area contributed by atoms with Crippen LogP contribution in [0.2, 0.25) is 5.02 Å². The number of hydrogen-bond donors (Lipinski definition) is 1. The first kappa shape index (κ1) is 16.6. The molecule has 0 spiro atoms. The number of hydrogen-bond acceptors (Lipinski definition) is 4. The maximum atomic E-state index is 14.1. The first-order valence-electron chi connectivity index (χ1n) is 5.96. The molecule has 0 aliphatic heterocycles. The van der Waals surface area contributed by atoms with Crippen molar-refractivity contribution in [2.75, 3.05) is 13.2 Å². The molecule has 0 bridgehead atoms. The van der Waals surface area contributed by atoms with E-state index in [1.165, 1.54) is 12.1 Å². The van der Waals surface area contributed by atoms with Crippen LogP contribution < -0.4 is 5.73 Å². The van der Waals surface area contributed by atoms with Gasteiger partial charge in [0.15, 0.2) is 0 Å². The molecule has 1 aromatic rings. The van der Waals surface area contributed by atoms with Gasteiger partial charge in [-0.2, -0.15) is 0 Å². The van der Waals surface area contributed by atoms with Gasteiger partial charge in [0, 0.05) is 10.6 Å². The molecule has 0 saturated heterocycles. The Morgan fingerprint density at radius 3 is 2.37 bits per heavy atom. The second-order valence-electron chi connectivity index (χ2n) is 3.91. The van der Waals surface area contributed by atoms with E-state index in [-0.39, 0.29) is 23.8 Å². The zero-order chi connectivity index (χ0) is 14.6. The summed E-state index contributed by atoms with van der Waals surface area (Å²) in [5.74, 6) is -1.83. The van der Waals surface area contributed by atoms with Gasteiger partial charge in [-0.15, -0.1) is 0 Å². The summed E-state index contributed by atoms with van der Waals surface area (Å²) in [5.41, 5.74) is 6.21. The van der Waals surface area contributed by atoms with E-state index in [1.54, 1.807) is 20.8 Å². The van der Waals surface area contributed by atoms with Crippen molar-refractivity contribution in [3.8, 4) is 0 Å². The largest absolute Gasteiger partial charge is 0.351 e. The average molecular weight is 310 g/mol. The van der Waals surface area contributed by atoms with Crippen molar-refractivity contribution in [3.05, 3.63) is 34.1 Å². The lowest BCUT2D eigenvalue weighted by Crippen LogP contribution is -2.17. The van der Waals surface area contributed by atoms with Gasteiger partial charge in [-0.3, -0.25) is 4.57 Å². The molecule has 1 rings (SSSR count). The van der Waals surface area contributed by atoms with E-state index in [0.29, 0.717) is 5.56 Å². The van der Waals surface area contributed by atoms with E-state index in [4.69, 9.17) is 26.4 Å². The molecule has 0 aromatic heterocycles. The lowest BCUT2D eigenvalue weighted by molar-refractivity contribution is 0.212. The van der Waals surface area contributed by atoms with Crippen LogP contribution in [0, 0.1) is 12.7 Å². The van der Waals surface area contributed by atoms with Crippen LogP contribution in [-0.2, 0) is 13.6 Å². The molecule has 108 valence electrons. The quantitative estimate of drug-likeness (QED) is 0.806. The second-order valence-corrected chi connectivity index (χ2v) is 6.47. The highest BCUT2D eigenvalue weighted by molar-refractivity contribution is 7.54. The number of aryl methyl sites for hydroxylation is 1. The minimum absolute atomic E-state index is 0.0353. The predicted octanol–water partition coefficient (Wildman–Crippen LogP) is 4.01. The smallest absolute Gasteiger partial charge is 0.314 e. The summed E-state index contributed by atoms with van der Waals surface area (Å²) in [6.45, 7) is 5.19. The molecule has 4 nitrogen and oxygen atoms in total.